The second-order valence-corrected chi connectivity index (χ2v) is 4.72. The number of anilines is 2. The second kappa shape index (κ2) is 6.37. The second-order valence-electron chi connectivity index (χ2n) is 4.72. The van der Waals surface area contributed by atoms with Crippen LogP contribution in [0.1, 0.15) is 34.1 Å². The molecule has 0 aliphatic heterocycles. The molecule has 102 valence electrons. The summed E-state index contributed by atoms with van der Waals surface area (Å²) in [6.45, 7) is 9.03. The Morgan fingerprint density at radius 1 is 1.22 bits per heavy atom. The quantitative estimate of drug-likeness (QED) is 0.831. The highest BCUT2D eigenvalue weighted by atomic mass is 16.5. The molecule has 0 aromatic carbocycles. The van der Waals surface area contributed by atoms with E-state index in [4.69, 9.17) is 10.5 Å². The van der Waals surface area contributed by atoms with Crippen molar-refractivity contribution in [2.45, 2.75) is 40.2 Å². The molecule has 6 nitrogen and oxygen atoms in total. The normalized spacial score (nSPS) is 12.6. The zero-order valence-corrected chi connectivity index (χ0v) is 11.8. The average molecular weight is 253 g/mol. The van der Waals surface area contributed by atoms with Gasteiger partial charge in [0.25, 0.3) is 0 Å². The maximum Gasteiger partial charge on any atom is 0.323 e. The summed E-state index contributed by atoms with van der Waals surface area (Å²) in [5, 5.41) is 0. The topological polar surface area (TPSA) is 77.2 Å². The Hall–Kier alpha value is -1.59. The summed E-state index contributed by atoms with van der Waals surface area (Å²) in [7, 11) is 1.95. The van der Waals surface area contributed by atoms with Crippen molar-refractivity contribution >= 4 is 11.9 Å². The Bertz CT molecular complexity index is 383. The first-order chi connectivity index (χ1) is 8.45. The predicted molar refractivity (Wildman–Crippen MR) is 72.7 cm³/mol. The van der Waals surface area contributed by atoms with Gasteiger partial charge in [-0.1, -0.05) is 20.8 Å². The smallest absolute Gasteiger partial charge is 0.323 e. The lowest BCUT2D eigenvalue weighted by molar-refractivity contribution is 0.291. The lowest BCUT2D eigenvalue weighted by atomic mass is 10.1. The molecule has 1 heterocycles. The van der Waals surface area contributed by atoms with E-state index in [0.29, 0.717) is 30.5 Å². The van der Waals surface area contributed by atoms with E-state index >= 15 is 0 Å². The summed E-state index contributed by atoms with van der Waals surface area (Å²) in [6, 6.07) is 0.605. The first-order valence-electron chi connectivity index (χ1n) is 6.32. The van der Waals surface area contributed by atoms with Crippen molar-refractivity contribution in [2.24, 2.45) is 5.92 Å². The lowest BCUT2D eigenvalue weighted by Gasteiger charge is -2.27. The van der Waals surface area contributed by atoms with Gasteiger partial charge in [-0.3, -0.25) is 0 Å². The van der Waals surface area contributed by atoms with Gasteiger partial charge < -0.3 is 15.4 Å². The van der Waals surface area contributed by atoms with Gasteiger partial charge in [-0.15, -0.1) is 0 Å². The molecule has 0 spiro atoms. The number of nitrogens with zero attached hydrogens (tertiary/aromatic N) is 4. The van der Waals surface area contributed by atoms with E-state index < -0.39 is 0 Å². The number of rotatable bonds is 6. The van der Waals surface area contributed by atoms with Crippen LogP contribution in [0.25, 0.3) is 0 Å². The van der Waals surface area contributed by atoms with Crippen LogP contribution in [0.2, 0.25) is 0 Å². The van der Waals surface area contributed by atoms with Crippen molar-refractivity contribution in [3.63, 3.8) is 0 Å². The van der Waals surface area contributed by atoms with Gasteiger partial charge in [0.05, 0.1) is 6.61 Å². The van der Waals surface area contributed by atoms with Gasteiger partial charge in [0.2, 0.25) is 11.9 Å². The molecule has 1 aromatic heterocycles. The molecule has 1 rings (SSSR count). The van der Waals surface area contributed by atoms with Crippen molar-refractivity contribution in [1.82, 2.24) is 15.0 Å². The monoisotopic (exact) mass is 253 g/mol. The SMILES string of the molecule is CCCOc1nc(N)nc(N(C)C(C)C(C)C)n1. The molecule has 1 unspecified atom stereocenters. The van der Waals surface area contributed by atoms with Crippen LogP contribution < -0.4 is 15.4 Å². The van der Waals surface area contributed by atoms with Crippen LogP contribution in [0.3, 0.4) is 0 Å². The van der Waals surface area contributed by atoms with E-state index in [1.807, 2.05) is 18.9 Å². The minimum atomic E-state index is 0.189. The first kappa shape index (κ1) is 14.5. The summed E-state index contributed by atoms with van der Waals surface area (Å²) >= 11 is 0. The van der Waals surface area contributed by atoms with Crippen LogP contribution in [-0.2, 0) is 0 Å². The summed E-state index contributed by atoms with van der Waals surface area (Å²) in [6.07, 6.45) is 0.902. The van der Waals surface area contributed by atoms with Crippen LogP contribution in [0.4, 0.5) is 11.9 Å². The number of hydrogen-bond acceptors (Lipinski definition) is 6. The van der Waals surface area contributed by atoms with Crippen LogP contribution in [-0.4, -0.2) is 34.6 Å². The maximum atomic E-state index is 5.68. The molecule has 0 aliphatic rings. The van der Waals surface area contributed by atoms with Crippen molar-refractivity contribution in [3.05, 3.63) is 0 Å². The molecule has 0 amide bonds. The number of nitrogens with two attached hydrogens (primary N) is 1. The minimum absolute atomic E-state index is 0.189. The average Bonchev–Trinajstić information content (AvgIpc) is 2.33. The third-order valence-electron chi connectivity index (χ3n) is 2.95. The van der Waals surface area contributed by atoms with Gasteiger partial charge in [0.15, 0.2) is 0 Å². The van der Waals surface area contributed by atoms with Gasteiger partial charge in [0, 0.05) is 13.1 Å². The third-order valence-corrected chi connectivity index (χ3v) is 2.95. The fourth-order valence-electron chi connectivity index (χ4n) is 1.41. The van der Waals surface area contributed by atoms with Crippen LogP contribution in [0.5, 0.6) is 6.01 Å². The molecular weight excluding hydrogens is 230 g/mol. The predicted octanol–water partition coefficient (Wildman–Crippen LogP) is 1.72. The highest BCUT2D eigenvalue weighted by Gasteiger charge is 2.17. The molecule has 1 atom stereocenters. The van der Waals surface area contributed by atoms with E-state index in [-0.39, 0.29) is 5.95 Å². The zero-order chi connectivity index (χ0) is 13.7. The summed E-state index contributed by atoms with van der Waals surface area (Å²) in [5.74, 6) is 1.23. The Morgan fingerprint density at radius 3 is 2.44 bits per heavy atom. The molecule has 0 saturated carbocycles. The molecule has 0 radical (unpaired) electrons. The standard InChI is InChI=1S/C12H23N5O/c1-6-7-18-12-15-10(13)14-11(16-12)17(5)9(4)8(2)3/h8-9H,6-7H2,1-5H3,(H2,13,14,15,16). The molecule has 0 bridgehead atoms. The van der Waals surface area contributed by atoms with Crippen LogP contribution in [0, 0.1) is 5.92 Å². The van der Waals surface area contributed by atoms with Gasteiger partial charge in [0.1, 0.15) is 0 Å². The van der Waals surface area contributed by atoms with Crippen molar-refractivity contribution in [2.75, 3.05) is 24.3 Å². The van der Waals surface area contributed by atoms with Gasteiger partial charge in [-0.2, -0.15) is 15.0 Å². The van der Waals surface area contributed by atoms with E-state index in [1.54, 1.807) is 0 Å². The highest BCUT2D eigenvalue weighted by Crippen LogP contribution is 2.17. The summed E-state index contributed by atoms with van der Waals surface area (Å²) in [4.78, 5) is 14.4. The molecule has 2 N–H and O–H groups in total. The Kier molecular flexibility index (Phi) is 5.12. The van der Waals surface area contributed by atoms with Gasteiger partial charge >= 0.3 is 6.01 Å². The van der Waals surface area contributed by atoms with Crippen molar-refractivity contribution in [3.8, 4) is 6.01 Å². The fourth-order valence-corrected chi connectivity index (χ4v) is 1.41. The Morgan fingerprint density at radius 2 is 1.89 bits per heavy atom. The zero-order valence-electron chi connectivity index (χ0n) is 11.8. The van der Waals surface area contributed by atoms with Crippen molar-refractivity contribution < 1.29 is 4.74 Å². The number of nitrogen functional groups attached to an aromatic ring is 1. The Labute approximate surface area is 109 Å². The summed E-state index contributed by atoms with van der Waals surface area (Å²) in [5.41, 5.74) is 5.68. The number of hydrogen-bond donors (Lipinski definition) is 1. The molecule has 0 saturated heterocycles. The maximum absolute atomic E-state index is 5.68. The number of aromatic nitrogens is 3. The van der Waals surface area contributed by atoms with E-state index in [0.717, 1.165) is 6.42 Å². The van der Waals surface area contributed by atoms with Crippen LogP contribution in [0.15, 0.2) is 0 Å². The van der Waals surface area contributed by atoms with E-state index in [1.165, 1.54) is 0 Å². The van der Waals surface area contributed by atoms with E-state index in [9.17, 15) is 0 Å². The fraction of sp³-hybridized carbons (Fsp3) is 0.750. The molecule has 0 fully saturated rings. The van der Waals surface area contributed by atoms with E-state index in [2.05, 4.69) is 35.7 Å². The molecule has 6 heteroatoms. The molecule has 18 heavy (non-hydrogen) atoms. The van der Waals surface area contributed by atoms with Crippen LogP contribution >= 0.6 is 0 Å². The largest absolute Gasteiger partial charge is 0.463 e. The van der Waals surface area contributed by atoms with Crippen molar-refractivity contribution in [1.29, 1.82) is 0 Å². The number of ether oxygens (including phenoxy) is 1. The minimum Gasteiger partial charge on any atom is -0.463 e. The Balaban J connectivity index is 2.91. The molecular formula is C12H23N5O. The summed E-state index contributed by atoms with van der Waals surface area (Å²) < 4.78 is 5.40. The highest BCUT2D eigenvalue weighted by molar-refractivity contribution is 5.36. The first-order valence-corrected chi connectivity index (χ1v) is 6.32. The molecule has 0 aliphatic carbocycles. The van der Waals surface area contributed by atoms with Gasteiger partial charge in [-0.05, 0) is 19.3 Å². The van der Waals surface area contributed by atoms with Gasteiger partial charge in [-0.25, -0.2) is 0 Å². The molecule has 1 aromatic rings. The third kappa shape index (κ3) is 3.72. The lowest BCUT2D eigenvalue weighted by Crippen LogP contribution is -2.34.